The summed E-state index contributed by atoms with van der Waals surface area (Å²) < 4.78 is 0. The van der Waals surface area contributed by atoms with E-state index in [1.54, 1.807) is 30.7 Å². The molecule has 0 bridgehead atoms. The first-order valence-electron chi connectivity index (χ1n) is 5.22. The van der Waals surface area contributed by atoms with Crippen LogP contribution in [0.2, 0.25) is 0 Å². The van der Waals surface area contributed by atoms with Gasteiger partial charge in [-0.2, -0.15) is 0 Å². The Morgan fingerprint density at radius 2 is 2.35 bits per heavy atom. The van der Waals surface area contributed by atoms with Gasteiger partial charge in [0.05, 0.1) is 24.1 Å². The number of aromatic amines is 1. The highest BCUT2D eigenvalue weighted by Gasteiger charge is 2.10. The van der Waals surface area contributed by atoms with E-state index in [-0.39, 0.29) is 17.2 Å². The number of hydrogen-bond acceptors (Lipinski definition) is 3. The van der Waals surface area contributed by atoms with Gasteiger partial charge in [-0.25, -0.2) is 4.98 Å². The predicted octanol–water partition coefficient (Wildman–Crippen LogP) is 1.35. The standard InChI is InChI=1S/C12H13N3O2/c1-8-2-3-10(11(16)4-8)12(17)14-6-9-5-13-7-15-9/h2-5,7,16H,6H2,1H3,(H,13,15)(H,14,17). The normalized spacial score (nSPS) is 10.2. The van der Waals surface area contributed by atoms with E-state index >= 15 is 0 Å². The zero-order chi connectivity index (χ0) is 12.3. The molecule has 0 radical (unpaired) electrons. The molecule has 0 saturated carbocycles. The maximum absolute atomic E-state index is 11.8. The Morgan fingerprint density at radius 3 is 3.00 bits per heavy atom. The summed E-state index contributed by atoms with van der Waals surface area (Å²) in [6.45, 7) is 2.21. The highest BCUT2D eigenvalue weighted by molar-refractivity contribution is 5.96. The number of aromatic nitrogens is 2. The maximum Gasteiger partial charge on any atom is 0.255 e. The van der Waals surface area contributed by atoms with E-state index in [2.05, 4.69) is 15.3 Å². The van der Waals surface area contributed by atoms with Crippen LogP contribution in [0.1, 0.15) is 21.6 Å². The first kappa shape index (κ1) is 11.2. The quantitative estimate of drug-likeness (QED) is 0.746. The minimum atomic E-state index is -0.308. The molecule has 1 aromatic carbocycles. The van der Waals surface area contributed by atoms with Crippen molar-refractivity contribution >= 4 is 5.91 Å². The van der Waals surface area contributed by atoms with Crippen molar-refractivity contribution in [2.45, 2.75) is 13.5 Å². The molecule has 0 atom stereocenters. The van der Waals surface area contributed by atoms with Gasteiger partial charge in [-0.1, -0.05) is 6.07 Å². The number of nitrogens with zero attached hydrogens (tertiary/aromatic N) is 1. The van der Waals surface area contributed by atoms with Crippen LogP contribution in [0.4, 0.5) is 0 Å². The monoisotopic (exact) mass is 231 g/mol. The highest BCUT2D eigenvalue weighted by atomic mass is 16.3. The molecule has 0 aliphatic rings. The van der Waals surface area contributed by atoms with Crippen LogP contribution in [0.25, 0.3) is 0 Å². The van der Waals surface area contributed by atoms with Gasteiger partial charge in [0.2, 0.25) is 0 Å². The van der Waals surface area contributed by atoms with Gasteiger partial charge in [-0.15, -0.1) is 0 Å². The van der Waals surface area contributed by atoms with Crippen LogP contribution in [0, 0.1) is 6.92 Å². The Labute approximate surface area is 98.5 Å². The number of benzene rings is 1. The van der Waals surface area contributed by atoms with E-state index in [0.29, 0.717) is 6.54 Å². The minimum absolute atomic E-state index is 0.00730. The molecule has 1 heterocycles. The lowest BCUT2D eigenvalue weighted by atomic mass is 10.1. The lowest BCUT2D eigenvalue weighted by Gasteiger charge is -2.06. The van der Waals surface area contributed by atoms with Gasteiger partial charge in [-0.3, -0.25) is 4.79 Å². The van der Waals surface area contributed by atoms with Crippen molar-refractivity contribution in [2.24, 2.45) is 0 Å². The van der Waals surface area contributed by atoms with Gasteiger partial charge in [-0.05, 0) is 24.6 Å². The molecule has 0 unspecified atom stereocenters. The van der Waals surface area contributed by atoms with E-state index in [4.69, 9.17) is 0 Å². The highest BCUT2D eigenvalue weighted by Crippen LogP contribution is 2.18. The van der Waals surface area contributed by atoms with Gasteiger partial charge in [0, 0.05) is 6.20 Å². The summed E-state index contributed by atoms with van der Waals surface area (Å²) in [5.74, 6) is -0.316. The molecule has 5 nitrogen and oxygen atoms in total. The number of aryl methyl sites for hydroxylation is 1. The van der Waals surface area contributed by atoms with Crippen LogP contribution in [-0.4, -0.2) is 21.0 Å². The smallest absolute Gasteiger partial charge is 0.255 e. The third-order valence-corrected chi connectivity index (χ3v) is 2.39. The van der Waals surface area contributed by atoms with Crippen molar-refractivity contribution in [2.75, 3.05) is 0 Å². The number of H-pyrrole nitrogens is 1. The summed E-state index contributed by atoms with van der Waals surface area (Å²) in [5.41, 5.74) is 1.99. The molecule has 88 valence electrons. The number of phenolic OH excluding ortho intramolecular Hbond substituents is 1. The van der Waals surface area contributed by atoms with Crippen molar-refractivity contribution in [3.8, 4) is 5.75 Å². The van der Waals surface area contributed by atoms with Gasteiger partial charge in [0.15, 0.2) is 0 Å². The van der Waals surface area contributed by atoms with Gasteiger partial charge < -0.3 is 15.4 Å². The first-order chi connectivity index (χ1) is 8.16. The molecule has 2 aromatic rings. The molecule has 0 aliphatic heterocycles. The van der Waals surface area contributed by atoms with E-state index in [9.17, 15) is 9.90 Å². The SMILES string of the molecule is Cc1ccc(C(=O)NCc2cnc[nH]2)c(O)c1. The zero-order valence-corrected chi connectivity index (χ0v) is 9.40. The number of nitrogens with one attached hydrogen (secondary N) is 2. The molecule has 0 fully saturated rings. The average molecular weight is 231 g/mol. The Balaban J connectivity index is 2.04. The molecule has 0 saturated heterocycles. The van der Waals surface area contributed by atoms with Crippen molar-refractivity contribution in [3.05, 3.63) is 47.5 Å². The molecule has 5 heteroatoms. The summed E-state index contributed by atoms with van der Waals surface area (Å²) in [5, 5.41) is 12.3. The summed E-state index contributed by atoms with van der Waals surface area (Å²) in [7, 11) is 0. The van der Waals surface area contributed by atoms with Crippen LogP contribution < -0.4 is 5.32 Å². The van der Waals surface area contributed by atoms with Crippen molar-refractivity contribution in [3.63, 3.8) is 0 Å². The number of carbonyl (C=O) groups excluding carboxylic acids is 1. The number of rotatable bonds is 3. The summed E-state index contributed by atoms with van der Waals surface area (Å²) >= 11 is 0. The molecule has 3 N–H and O–H groups in total. The zero-order valence-electron chi connectivity index (χ0n) is 9.40. The van der Waals surface area contributed by atoms with Crippen molar-refractivity contribution in [1.82, 2.24) is 15.3 Å². The Hall–Kier alpha value is -2.30. The third-order valence-electron chi connectivity index (χ3n) is 2.39. The molecule has 1 aromatic heterocycles. The van der Waals surface area contributed by atoms with Crippen LogP contribution in [-0.2, 0) is 6.54 Å². The summed E-state index contributed by atoms with van der Waals surface area (Å²) in [6.07, 6.45) is 3.18. The second-order valence-corrected chi connectivity index (χ2v) is 3.78. The molecular weight excluding hydrogens is 218 g/mol. The van der Waals surface area contributed by atoms with Crippen molar-refractivity contribution < 1.29 is 9.90 Å². The molecule has 2 rings (SSSR count). The second-order valence-electron chi connectivity index (χ2n) is 3.78. The molecule has 17 heavy (non-hydrogen) atoms. The number of imidazole rings is 1. The molecule has 0 spiro atoms. The summed E-state index contributed by atoms with van der Waals surface area (Å²) in [6, 6.07) is 4.95. The minimum Gasteiger partial charge on any atom is -0.507 e. The van der Waals surface area contributed by atoms with E-state index in [0.717, 1.165) is 11.3 Å². The number of amides is 1. The first-order valence-corrected chi connectivity index (χ1v) is 5.22. The molecule has 0 aliphatic carbocycles. The summed E-state index contributed by atoms with van der Waals surface area (Å²) in [4.78, 5) is 18.5. The van der Waals surface area contributed by atoms with Crippen LogP contribution in [0.15, 0.2) is 30.7 Å². The van der Waals surface area contributed by atoms with Crippen LogP contribution in [0.5, 0.6) is 5.75 Å². The Bertz CT molecular complexity index is 521. The fourth-order valence-electron chi connectivity index (χ4n) is 1.49. The Morgan fingerprint density at radius 1 is 1.53 bits per heavy atom. The maximum atomic E-state index is 11.8. The predicted molar refractivity (Wildman–Crippen MR) is 62.6 cm³/mol. The van der Waals surface area contributed by atoms with E-state index < -0.39 is 0 Å². The number of hydrogen-bond donors (Lipinski definition) is 3. The lowest BCUT2D eigenvalue weighted by molar-refractivity contribution is 0.0948. The van der Waals surface area contributed by atoms with Crippen LogP contribution >= 0.6 is 0 Å². The topological polar surface area (TPSA) is 78.0 Å². The number of phenols is 1. The molecular formula is C12H13N3O2. The fourth-order valence-corrected chi connectivity index (χ4v) is 1.49. The van der Waals surface area contributed by atoms with Crippen molar-refractivity contribution in [1.29, 1.82) is 0 Å². The average Bonchev–Trinajstić information content (AvgIpc) is 2.78. The largest absolute Gasteiger partial charge is 0.507 e. The number of carbonyl (C=O) groups is 1. The molecule has 1 amide bonds. The van der Waals surface area contributed by atoms with E-state index in [1.165, 1.54) is 0 Å². The van der Waals surface area contributed by atoms with E-state index in [1.807, 2.05) is 6.92 Å². The fraction of sp³-hybridized carbons (Fsp3) is 0.167. The Kier molecular flexibility index (Phi) is 3.09. The second kappa shape index (κ2) is 4.69. The van der Waals surface area contributed by atoms with Gasteiger partial charge in [0.25, 0.3) is 5.91 Å². The van der Waals surface area contributed by atoms with Crippen LogP contribution in [0.3, 0.4) is 0 Å². The number of aromatic hydroxyl groups is 1. The third kappa shape index (κ3) is 2.63. The van der Waals surface area contributed by atoms with Gasteiger partial charge in [0.1, 0.15) is 5.75 Å². The van der Waals surface area contributed by atoms with Gasteiger partial charge >= 0.3 is 0 Å². The lowest BCUT2D eigenvalue weighted by Crippen LogP contribution is -2.23.